The molecule has 4 heteroatoms. The fraction of sp³-hybridized carbons (Fsp3) is 0.214. The Bertz CT molecular complexity index is 540. The van der Waals surface area contributed by atoms with Gasteiger partial charge < -0.3 is 4.90 Å². The fourth-order valence-corrected chi connectivity index (χ4v) is 1.70. The van der Waals surface area contributed by atoms with Crippen molar-refractivity contribution >= 4 is 5.91 Å². The molecule has 2 aromatic rings. The van der Waals surface area contributed by atoms with Crippen LogP contribution in [0.4, 0.5) is 0 Å². The summed E-state index contributed by atoms with van der Waals surface area (Å²) in [5.41, 5.74) is 1.53. The topological polar surface area (TPSA) is 46.1 Å². The van der Waals surface area contributed by atoms with Crippen molar-refractivity contribution in [2.24, 2.45) is 0 Å². The summed E-state index contributed by atoms with van der Waals surface area (Å²) < 4.78 is 0. The Morgan fingerprint density at radius 3 is 2.61 bits per heavy atom. The average molecular weight is 241 g/mol. The summed E-state index contributed by atoms with van der Waals surface area (Å²) in [6.07, 6.45) is 1.60. The quantitative estimate of drug-likeness (QED) is 0.826. The summed E-state index contributed by atoms with van der Waals surface area (Å²) in [5.74, 6) is 0.512. The van der Waals surface area contributed by atoms with Crippen molar-refractivity contribution in [3.8, 4) is 0 Å². The molecule has 1 aromatic carbocycles. The number of rotatable bonds is 3. The Labute approximate surface area is 106 Å². The van der Waals surface area contributed by atoms with Gasteiger partial charge in [-0.15, -0.1) is 0 Å². The molecule has 1 aromatic heterocycles. The zero-order valence-electron chi connectivity index (χ0n) is 10.5. The first-order valence-corrected chi connectivity index (χ1v) is 5.76. The minimum Gasteiger partial charge on any atom is -0.336 e. The molecule has 0 atom stereocenters. The van der Waals surface area contributed by atoms with Crippen LogP contribution in [0.5, 0.6) is 0 Å². The monoisotopic (exact) mass is 241 g/mol. The van der Waals surface area contributed by atoms with Crippen molar-refractivity contribution < 1.29 is 4.79 Å². The highest BCUT2D eigenvalue weighted by Gasteiger charge is 2.13. The first-order valence-electron chi connectivity index (χ1n) is 5.76. The lowest BCUT2D eigenvalue weighted by Crippen LogP contribution is -2.27. The molecular formula is C14H15N3O. The number of carbonyl (C=O) groups is 1. The molecule has 0 saturated heterocycles. The van der Waals surface area contributed by atoms with Gasteiger partial charge in [0.05, 0.1) is 0 Å². The van der Waals surface area contributed by atoms with Gasteiger partial charge in [-0.05, 0) is 18.6 Å². The maximum atomic E-state index is 12.1. The molecule has 0 radical (unpaired) electrons. The minimum atomic E-state index is -0.0932. The van der Waals surface area contributed by atoms with Gasteiger partial charge in [-0.25, -0.2) is 9.97 Å². The van der Waals surface area contributed by atoms with Crippen molar-refractivity contribution in [1.82, 2.24) is 14.9 Å². The number of amides is 1. The van der Waals surface area contributed by atoms with Crippen LogP contribution in [0.3, 0.4) is 0 Å². The number of hydrogen-bond donors (Lipinski definition) is 0. The molecule has 4 nitrogen and oxygen atoms in total. The zero-order valence-corrected chi connectivity index (χ0v) is 10.5. The highest BCUT2D eigenvalue weighted by molar-refractivity contribution is 5.91. The van der Waals surface area contributed by atoms with Crippen molar-refractivity contribution in [2.75, 3.05) is 7.05 Å². The molecule has 0 fully saturated rings. The van der Waals surface area contributed by atoms with Gasteiger partial charge >= 0.3 is 0 Å². The van der Waals surface area contributed by atoms with E-state index in [1.807, 2.05) is 30.3 Å². The lowest BCUT2D eigenvalue weighted by molar-refractivity contribution is 0.0779. The normalized spacial score (nSPS) is 10.1. The molecule has 1 heterocycles. The number of hydrogen-bond acceptors (Lipinski definition) is 3. The second-order valence-electron chi connectivity index (χ2n) is 4.14. The third kappa shape index (κ3) is 2.91. The largest absolute Gasteiger partial charge is 0.336 e. The highest BCUT2D eigenvalue weighted by Crippen LogP contribution is 2.06. The van der Waals surface area contributed by atoms with E-state index in [1.165, 1.54) is 0 Å². The summed E-state index contributed by atoms with van der Waals surface area (Å²) in [4.78, 5) is 21.9. The lowest BCUT2D eigenvalue weighted by atomic mass is 10.2. The smallest absolute Gasteiger partial charge is 0.272 e. The first kappa shape index (κ1) is 12.2. The SMILES string of the molecule is Cc1nccc(C(=O)N(C)Cc2ccccc2)n1. The standard InChI is InChI=1S/C14H15N3O/c1-11-15-9-8-13(16-11)14(18)17(2)10-12-6-4-3-5-7-12/h3-9H,10H2,1-2H3. The summed E-state index contributed by atoms with van der Waals surface area (Å²) >= 11 is 0. The van der Waals surface area contributed by atoms with Gasteiger partial charge in [0.1, 0.15) is 11.5 Å². The summed E-state index contributed by atoms with van der Waals surface area (Å²) in [6.45, 7) is 2.34. The van der Waals surface area contributed by atoms with Crippen molar-refractivity contribution in [2.45, 2.75) is 13.5 Å². The van der Waals surface area contributed by atoms with Crippen molar-refractivity contribution in [3.63, 3.8) is 0 Å². The van der Waals surface area contributed by atoms with Gasteiger partial charge in [0.2, 0.25) is 0 Å². The minimum absolute atomic E-state index is 0.0932. The molecule has 0 spiro atoms. The Morgan fingerprint density at radius 2 is 1.94 bits per heavy atom. The van der Waals surface area contributed by atoms with E-state index in [0.29, 0.717) is 18.1 Å². The van der Waals surface area contributed by atoms with E-state index in [1.54, 1.807) is 31.1 Å². The van der Waals surface area contributed by atoms with E-state index in [4.69, 9.17) is 0 Å². The lowest BCUT2D eigenvalue weighted by Gasteiger charge is -2.16. The van der Waals surface area contributed by atoms with E-state index in [2.05, 4.69) is 9.97 Å². The molecule has 0 aliphatic rings. The first-order chi connectivity index (χ1) is 8.66. The van der Waals surface area contributed by atoms with Gasteiger partial charge in [0.15, 0.2) is 0 Å². The van der Waals surface area contributed by atoms with E-state index in [0.717, 1.165) is 5.56 Å². The van der Waals surface area contributed by atoms with Crippen LogP contribution < -0.4 is 0 Å². The van der Waals surface area contributed by atoms with Crippen LogP contribution in [-0.2, 0) is 6.54 Å². The molecule has 0 aliphatic carbocycles. The maximum Gasteiger partial charge on any atom is 0.272 e. The predicted molar refractivity (Wildman–Crippen MR) is 69.0 cm³/mol. The average Bonchev–Trinajstić information content (AvgIpc) is 2.39. The fourth-order valence-electron chi connectivity index (χ4n) is 1.70. The molecule has 2 rings (SSSR count). The van der Waals surface area contributed by atoms with Gasteiger partial charge in [0, 0.05) is 19.8 Å². The van der Waals surface area contributed by atoms with Gasteiger partial charge in [0.25, 0.3) is 5.91 Å². The summed E-state index contributed by atoms with van der Waals surface area (Å²) in [6, 6.07) is 11.5. The van der Waals surface area contributed by atoms with Crippen LogP contribution in [0.1, 0.15) is 21.9 Å². The third-order valence-corrected chi connectivity index (χ3v) is 2.60. The van der Waals surface area contributed by atoms with Crippen LogP contribution in [0.2, 0.25) is 0 Å². The Balaban J connectivity index is 2.10. The molecule has 18 heavy (non-hydrogen) atoms. The molecule has 0 bridgehead atoms. The van der Waals surface area contributed by atoms with Gasteiger partial charge in [-0.3, -0.25) is 4.79 Å². The van der Waals surface area contributed by atoms with Crippen LogP contribution in [0.25, 0.3) is 0 Å². The van der Waals surface area contributed by atoms with Crippen LogP contribution in [-0.4, -0.2) is 27.8 Å². The second kappa shape index (κ2) is 5.40. The Kier molecular flexibility index (Phi) is 3.67. The number of aryl methyl sites for hydroxylation is 1. The van der Waals surface area contributed by atoms with Crippen molar-refractivity contribution in [3.05, 3.63) is 59.7 Å². The summed E-state index contributed by atoms with van der Waals surface area (Å²) in [5, 5.41) is 0. The van der Waals surface area contributed by atoms with Crippen LogP contribution in [0.15, 0.2) is 42.6 Å². The van der Waals surface area contributed by atoms with Gasteiger partial charge in [-0.2, -0.15) is 0 Å². The molecule has 1 amide bonds. The molecule has 0 saturated carbocycles. The molecule has 0 aliphatic heterocycles. The molecule has 0 N–H and O–H groups in total. The predicted octanol–water partition coefficient (Wildman–Crippen LogP) is 2.06. The molecular weight excluding hydrogens is 226 g/mol. The van der Waals surface area contributed by atoms with E-state index >= 15 is 0 Å². The maximum absolute atomic E-state index is 12.1. The van der Waals surface area contributed by atoms with E-state index < -0.39 is 0 Å². The number of aromatic nitrogens is 2. The Hall–Kier alpha value is -2.23. The van der Waals surface area contributed by atoms with Gasteiger partial charge in [-0.1, -0.05) is 30.3 Å². The Morgan fingerprint density at radius 1 is 1.22 bits per heavy atom. The number of benzene rings is 1. The van der Waals surface area contributed by atoms with Crippen molar-refractivity contribution in [1.29, 1.82) is 0 Å². The van der Waals surface area contributed by atoms with Crippen LogP contribution >= 0.6 is 0 Å². The number of carbonyl (C=O) groups excluding carboxylic acids is 1. The summed E-state index contributed by atoms with van der Waals surface area (Å²) in [7, 11) is 1.77. The number of nitrogens with zero attached hydrogens (tertiary/aromatic N) is 3. The molecule has 0 unspecified atom stereocenters. The van der Waals surface area contributed by atoms with E-state index in [-0.39, 0.29) is 5.91 Å². The highest BCUT2D eigenvalue weighted by atomic mass is 16.2. The van der Waals surface area contributed by atoms with E-state index in [9.17, 15) is 4.79 Å². The molecule has 92 valence electrons. The zero-order chi connectivity index (χ0) is 13.0. The third-order valence-electron chi connectivity index (χ3n) is 2.60. The van der Waals surface area contributed by atoms with Crippen LogP contribution in [0, 0.1) is 6.92 Å². The second-order valence-corrected chi connectivity index (χ2v) is 4.14.